The topological polar surface area (TPSA) is 119 Å². The highest BCUT2D eigenvalue weighted by Crippen LogP contribution is 2.25. The van der Waals surface area contributed by atoms with Gasteiger partial charge in [-0.2, -0.15) is 5.10 Å². The second kappa shape index (κ2) is 6.38. The Balaban J connectivity index is 2.33. The summed E-state index contributed by atoms with van der Waals surface area (Å²) in [5, 5.41) is 17.0. The quantitative estimate of drug-likeness (QED) is 0.441. The Hall–Kier alpha value is -3.09. The number of ether oxygens (including phenoxy) is 1. The highest BCUT2D eigenvalue weighted by Gasteiger charge is 2.04. The monoisotopic (exact) mass is 285 g/mol. The van der Waals surface area contributed by atoms with Gasteiger partial charge in [0.2, 0.25) is 11.8 Å². The van der Waals surface area contributed by atoms with Crippen molar-refractivity contribution in [1.29, 1.82) is 0 Å². The fraction of sp³-hybridized carbons (Fsp3) is 0.0714. The molecule has 2 aromatic rings. The first-order valence-electron chi connectivity index (χ1n) is 6.05. The number of rotatable bonds is 4. The standard InChI is InChI=1S/C14H15N5O2/c1-21-13-5-3-10(7-17-13)9-2-4-12(20)11(6-9)8-18-19-14(15)16/h2-8,20H,1H3,(H4,15,16,19). The smallest absolute Gasteiger partial charge is 0.212 e. The molecule has 0 radical (unpaired) electrons. The molecule has 0 saturated heterocycles. The van der Waals surface area contributed by atoms with Crippen LogP contribution in [0.15, 0.2) is 46.7 Å². The highest BCUT2D eigenvalue weighted by molar-refractivity contribution is 5.86. The van der Waals surface area contributed by atoms with Crippen LogP contribution in [-0.4, -0.2) is 29.4 Å². The number of phenolic OH excluding ortho intramolecular Hbond substituents is 1. The molecule has 5 N–H and O–H groups in total. The third kappa shape index (κ3) is 3.69. The fourth-order valence-electron chi connectivity index (χ4n) is 1.67. The van der Waals surface area contributed by atoms with E-state index in [1.807, 2.05) is 6.07 Å². The van der Waals surface area contributed by atoms with Gasteiger partial charge in [-0.15, -0.1) is 5.10 Å². The molecule has 7 nitrogen and oxygen atoms in total. The van der Waals surface area contributed by atoms with E-state index >= 15 is 0 Å². The predicted molar refractivity (Wildman–Crippen MR) is 81.3 cm³/mol. The lowest BCUT2D eigenvalue weighted by Crippen LogP contribution is -2.21. The van der Waals surface area contributed by atoms with Crippen LogP contribution in [0.25, 0.3) is 11.1 Å². The van der Waals surface area contributed by atoms with Crippen LogP contribution in [-0.2, 0) is 0 Å². The molecule has 0 fully saturated rings. The average Bonchev–Trinajstić information content (AvgIpc) is 2.49. The molecule has 1 aromatic carbocycles. The van der Waals surface area contributed by atoms with Crippen LogP contribution >= 0.6 is 0 Å². The number of benzene rings is 1. The number of hydrogen-bond donors (Lipinski definition) is 3. The average molecular weight is 285 g/mol. The van der Waals surface area contributed by atoms with Crippen LogP contribution in [0.2, 0.25) is 0 Å². The van der Waals surface area contributed by atoms with Gasteiger partial charge in [0.05, 0.1) is 13.3 Å². The molecule has 1 aromatic heterocycles. The van der Waals surface area contributed by atoms with Crippen molar-refractivity contribution in [1.82, 2.24) is 4.98 Å². The summed E-state index contributed by atoms with van der Waals surface area (Å²) in [4.78, 5) is 4.14. The summed E-state index contributed by atoms with van der Waals surface area (Å²) < 4.78 is 5.01. The number of nitrogens with zero attached hydrogens (tertiary/aromatic N) is 3. The summed E-state index contributed by atoms with van der Waals surface area (Å²) in [6.07, 6.45) is 3.05. The van der Waals surface area contributed by atoms with Gasteiger partial charge in [0, 0.05) is 23.4 Å². The lowest BCUT2D eigenvalue weighted by Gasteiger charge is -2.05. The molecular weight excluding hydrogens is 270 g/mol. The van der Waals surface area contributed by atoms with Gasteiger partial charge in [-0.1, -0.05) is 6.07 Å². The third-order valence-corrected chi connectivity index (χ3v) is 2.68. The minimum Gasteiger partial charge on any atom is -0.507 e. The highest BCUT2D eigenvalue weighted by atomic mass is 16.5. The first kappa shape index (κ1) is 14.3. The van der Waals surface area contributed by atoms with E-state index in [0.29, 0.717) is 11.4 Å². The maximum atomic E-state index is 9.79. The molecule has 0 atom stereocenters. The Bertz CT molecular complexity index is 676. The zero-order valence-corrected chi connectivity index (χ0v) is 11.4. The third-order valence-electron chi connectivity index (χ3n) is 2.68. The van der Waals surface area contributed by atoms with E-state index in [-0.39, 0.29) is 11.7 Å². The number of phenols is 1. The Morgan fingerprint density at radius 2 is 2.00 bits per heavy atom. The van der Waals surface area contributed by atoms with Gasteiger partial charge in [0.15, 0.2) is 0 Å². The second-order valence-electron chi connectivity index (χ2n) is 4.13. The number of hydrogen-bond acceptors (Lipinski definition) is 5. The van der Waals surface area contributed by atoms with Gasteiger partial charge in [0.25, 0.3) is 0 Å². The zero-order chi connectivity index (χ0) is 15.2. The van der Waals surface area contributed by atoms with Crippen LogP contribution < -0.4 is 16.2 Å². The molecule has 0 saturated carbocycles. The summed E-state index contributed by atoms with van der Waals surface area (Å²) in [6.45, 7) is 0. The first-order valence-corrected chi connectivity index (χ1v) is 6.05. The normalized spacial score (nSPS) is 10.5. The number of aromatic hydroxyl groups is 1. The van der Waals surface area contributed by atoms with Crippen LogP contribution in [0.3, 0.4) is 0 Å². The summed E-state index contributed by atoms with van der Waals surface area (Å²) in [6, 6.07) is 8.72. The van der Waals surface area contributed by atoms with E-state index in [4.69, 9.17) is 16.2 Å². The minimum atomic E-state index is -0.152. The van der Waals surface area contributed by atoms with Gasteiger partial charge in [-0.05, 0) is 23.8 Å². The van der Waals surface area contributed by atoms with E-state index in [9.17, 15) is 5.11 Å². The van der Waals surface area contributed by atoms with Crippen LogP contribution in [0.5, 0.6) is 11.6 Å². The molecule has 0 aliphatic rings. The van der Waals surface area contributed by atoms with Gasteiger partial charge in [-0.3, -0.25) is 0 Å². The first-order chi connectivity index (χ1) is 10.1. The van der Waals surface area contributed by atoms with E-state index in [1.54, 1.807) is 37.6 Å². The zero-order valence-electron chi connectivity index (χ0n) is 11.4. The van der Waals surface area contributed by atoms with Gasteiger partial charge < -0.3 is 21.3 Å². The molecule has 21 heavy (non-hydrogen) atoms. The van der Waals surface area contributed by atoms with Crippen molar-refractivity contribution in [3.05, 3.63) is 42.1 Å². The summed E-state index contributed by atoms with van der Waals surface area (Å²) in [7, 11) is 1.56. The molecule has 0 amide bonds. The number of aromatic nitrogens is 1. The van der Waals surface area contributed by atoms with Crippen molar-refractivity contribution in [2.45, 2.75) is 0 Å². The summed E-state index contributed by atoms with van der Waals surface area (Å²) >= 11 is 0. The van der Waals surface area contributed by atoms with Crippen molar-refractivity contribution < 1.29 is 9.84 Å². The van der Waals surface area contributed by atoms with Crippen molar-refractivity contribution in [3.63, 3.8) is 0 Å². The second-order valence-corrected chi connectivity index (χ2v) is 4.13. The molecular formula is C14H15N5O2. The summed E-state index contributed by atoms with van der Waals surface area (Å²) in [5.74, 6) is 0.461. The van der Waals surface area contributed by atoms with Crippen molar-refractivity contribution >= 4 is 12.2 Å². The molecule has 0 unspecified atom stereocenters. The number of guanidine groups is 1. The van der Waals surface area contributed by atoms with Gasteiger partial charge in [0.1, 0.15) is 5.75 Å². The Morgan fingerprint density at radius 1 is 1.24 bits per heavy atom. The van der Waals surface area contributed by atoms with Crippen LogP contribution in [0, 0.1) is 0 Å². The SMILES string of the molecule is COc1ccc(-c2ccc(O)c(C=NN=C(N)N)c2)cn1. The van der Waals surface area contributed by atoms with Crippen molar-refractivity contribution in [2.24, 2.45) is 21.7 Å². The van der Waals surface area contributed by atoms with E-state index in [2.05, 4.69) is 15.2 Å². The Kier molecular flexibility index (Phi) is 4.35. The predicted octanol–water partition coefficient (Wildman–Crippen LogP) is 1.07. The molecule has 0 aliphatic carbocycles. The number of methoxy groups -OCH3 is 1. The van der Waals surface area contributed by atoms with Crippen molar-refractivity contribution in [3.8, 4) is 22.8 Å². The lowest BCUT2D eigenvalue weighted by atomic mass is 10.0. The molecule has 0 bridgehead atoms. The molecule has 0 aliphatic heterocycles. The molecule has 2 rings (SSSR count). The maximum absolute atomic E-state index is 9.79. The van der Waals surface area contributed by atoms with Gasteiger partial charge >= 0.3 is 0 Å². The molecule has 0 spiro atoms. The van der Waals surface area contributed by atoms with Crippen molar-refractivity contribution in [2.75, 3.05) is 7.11 Å². The Morgan fingerprint density at radius 3 is 2.62 bits per heavy atom. The lowest BCUT2D eigenvalue weighted by molar-refractivity contribution is 0.398. The van der Waals surface area contributed by atoms with E-state index < -0.39 is 0 Å². The molecule has 108 valence electrons. The van der Waals surface area contributed by atoms with Crippen LogP contribution in [0.1, 0.15) is 5.56 Å². The largest absolute Gasteiger partial charge is 0.507 e. The fourth-order valence-corrected chi connectivity index (χ4v) is 1.67. The molecule has 7 heteroatoms. The van der Waals surface area contributed by atoms with Gasteiger partial charge in [-0.25, -0.2) is 4.98 Å². The number of nitrogens with two attached hydrogens (primary N) is 2. The van der Waals surface area contributed by atoms with Crippen LogP contribution in [0.4, 0.5) is 0 Å². The number of pyridine rings is 1. The molecule has 1 heterocycles. The van der Waals surface area contributed by atoms with E-state index in [0.717, 1.165) is 11.1 Å². The summed E-state index contributed by atoms with van der Waals surface area (Å²) in [5.41, 5.74) is 12.6. The minimum absolute atomic E-state index is 0.0785. The van der Waals surface area contributed by atoms with E-state index in [1.165, 1.54) is 6.21 Å². The Labute approximate surface area is 121 Å². The maximum Gasteiger partial charge on any atom is 0.212 e.